The van der Waals surface area contributed by atoms with Crippen LogP contribution >= 0.6 is 22.7 Å². The van der Waals surface area contributed by atoms with Crippen LogP contribution in [0.4, 0.5) is 10.5 Å². The molecule has 0 saturated carbocycles. The van der Waals surface area contributed by atoms with Crippen molar-refractivity contribution in [3.8, 4) is 10.4 Å². The Morgan fingerprint density at radius 1 is 1.09 bits per heavy atom. The molecule has 3 saturated heterocycles. The fourth-order valence-electron chi connectivity index (χ4n) is 5.45. The van der Waals surface area contributed by atoms with Gasteiger partial charge < -0.3 is 9.22 Å². The quantitative estimate of drug-likeness (QED) is 0.403. The van der Waals surface area contributed by atoms with Gasteiger partial charge >= 0.3 is 6.09 Å². The molecule has 0 unspecified atom stereocenters. The van der Waals surface area contributed by atoms with Crippen LogP contribution in [-0.2, 0) is 11.2 Å². The van der Waals surface area contributed by atoms with Crippen LogP contribution in [0.3, 0.4) is 0 Å². The monoisotopic (exact) mass is 467 g/mol. The van der Waals surface area contributed by atoms with Gasteiger partial charge in [0.15, 0.2) is 6.10 Å². The number of amides is 1. The number of anilines is 1. The maximum atomic E-state index is 13.3. The van der Waals surface area contributed by atoms with Crippen molar-refractivity contribution in [1.82, 2.24) is 0 Å². The number of hydrogen-bond donors (Lipinski definition) is 0. The van der Waals surface area contributed by atoms with Crippen molar-refractivity contribution in [3.63, 3.8) is 0 Å². The van der Waals surface area contributed by atoms with Gasteiger partial charge in [-0.25, -0.2) is 4.79 Å². The van der Waals surface area contributed by atoms with E-state index in [0.717, 1.165) is 48.1 Å². The van der Waals surface area contributed by atoms with Crippen LogP contribution < -0.4 is 4.90 Å². The Bertz CT molecular complexity index is 1050. The van der Waals surface area contributed by atoms with E-state index in [9.17, 15) is 4.79 Å². The molecule has 5 heterocycles. The third kappa shape index (κ3) is 4.24. The third-order valence-corrected chi connectivity index (χ3v) is 9.18. The fourth-order valence-corrected chi connectivity index (χ4v) is 6.99. The van der Waals surface area contributed by atoms with Gasteiger partial charge in [-0.15, -0.1) is 22.7 Å². The minimum Gasteiger partial charge on any atom is -0.440 e. The molecule has 3 aliphatic heterocycles. The number of carbonyl (C=O) groups is 1. The second kappa shape index (κ2) is 9.00. The van der Waals surface area contributed by atoms with Crippen molar-refractivity contribution in [1.29, 1.82) is 0 Å². The number of thiophene rings is 2. The molecule has 6 heteroatoms. The van der Waals surface area contributed by atoms with Gasteiger partial charge in [0.05, 0.1) is 25.3 Å². The van der Waals surface area contributed by atoms with E-state index in [2.05, 4.69) is 48.0 Å². The number of quaternary nitrogens is 1. The lowest BCUT2D eigenvalue weighted by atomic mass is 9.83. The first-order valence-corrected chi connectivity index (χ1v) is 13.3. The van der Waals surface area contributed by atoms with Crippen LogP contribution in [0.2, 0.25) is 0 Å². The molecule has 4 nitrogen and oxygen atoms in total. The number of fused-ring (bicyclic) bond motifs is 3. The number of benzene rings is 1. The minimum atomic E-state index is -0.233. The molecule has 0 aliphatic carbocycles. The van der Waals surface area contributed by atoms with Crippen LogP contribution in [0.1, 0.15) is 23.3 Å². The SMILES string of the molecule is Cc1cccc(N(C)C(=O)O[C@H]2C[N+]3(CCc4cccs4)CCC2CC3)c1-c1cccs1. The Morgan fingerprint density at radius 3 is 2.59 bits per heavy atom. The maximum absolute atomic E-state index is 13.3. The Morgan fingerprint density at radius 2 is 1.88 bits per heavy atom. The lowest BCUT2D eigenvalue weighted by molar-refractivity contribution is -0.945. The van der Waals surface area contributed by atoms with Crippen molar-refractivity contribution >= 4 is 34.5 Å². The molecule has 2 aromatic heterocycles. The highest BCUT2D eigenvalue weighted by molar-refractivity contribution is 7.13. The fraction of sp³-hybridized carbons (Fsp3) is 0.423. The van der Waals surface area contributed by atoms with E-state index in [0.29, 0.717) is 5.92 Å². The molecule has 3 aromatic rings. The molecule has 0 spiro atoms. The summed E-state index contributed by atoms with van der Waals surface area (Å²) in [5.74, 6) is 0.503. The first-order chi connectivity index (χ1) is 15.5. The van der Waals surface area contributed by atoms with Gasteiger partial charge in [-0.1, -0.05) is 24.3 Å². The molecule has 168 valence electrons. The third-order valence-electron chi connectivity index (χ3n) is 7.36. The number of ether oxygens (including phenoxy) is 1. The largest absolute Gasteiger partial charge is 0.440 e. The van der Waals surface area contributed by atoms with Crippen molar-refractivity contribution in [2.75, 3.05) is 38.1 Å². The highest BCUT2D eigenvalue weighted by Crippen LogP contribution is 2.38. The molecule has 1 amide bonds. The van der Waals surface area contributed by atoms with E-state index in [1.807, 2.05) is 30.5 Å². The topological polar surface area (TPSA) is 29.5 Å². The van der Waals surface area contributed by atoms with Crippen molar-refractivity contribution in [3.05, 3.63) is 63.7 Å². The zero-order chi connectivity index (χ0) is 22.1. The summed E-state index contributed by atoms with van der Waals surface area (Å²) in [6.45, 7) is 6.66. The summed E-state index contributed by atoms with van der Waals surface area (Å²) in [5.41, 5.74) is 3.21. The Hall–Kier alpha value is -2.15. The number of aryl methyl sites for hydroxylation is 1. The molecule has 32 heavy (non-hydrogen) atoms. The molecular weight excluding hydrogens is 436 g/mol. The van der Waals surface area contributed by atoms with Crippen molar-refractivity contribution in [2.45, 2.75) is 32.3 Å². The number of nitrogens with zero attached hydrogens (tertiary/aromatic N) is 2. The number of rotatable bonds is 6. The summed E-state index contributed by atoms with van der Waals surface area (Å²) in [6, 6.07) is 14.7. The average Bonchev–Trinajstić information content (AvgIpc) is 3.52. The molecule has 2 bridgehead atoms. The van der Waals surface area contributed by atoms with Gasteiger partial charge in [0, 0.05) is 47.5 Å². The number of hydrogen-bond acceptors (Lipinski definition) is 4. The Labute approximate surface area is 198 Å². The van der Waals surface area contributed by atoms with Crippen molar-refractivity contribution < 1.29 is 14.0 Å². The molecule has 0 N–H and O–H groups in total. The Kier molecular flexibility index (Phi) is 6.10. The first-order valence-electron chi connectivity index (χ1n) is 11.5. The first kappa shape index (κ1) is 21.7. The van der Waals surface area contributed by atoms with E-state index in [4.69, 9.17) is 4.74 Å². The van der Waals surface area contributed by atoms with Gasteiger partial charge in [0.1, 0.15) is 6.54 Å². The van der Waals surface area contributed by atoms with Gasteiger partial charge in [0.2, 0.25) is 0 Å². The molecule has 0 radical (unpaired) electrons. The minimum absolute atomic E-state index is 0.0192. The van der Waals surface area contributed by atoms with E-state index in [1.54, 1.807) is 16.2 Å². The highest BCUT2D eigenvalue weighted by atomic mass is 32.1. The van der Waals surface area contributed by atoms with E-state index in [-0.39, 0.29) is 12.2 Å². The van der Waals surface area contributed by atoms with Crippen LogP contribution in [-0.4, -0.2) is 49.9 Å². The standard InChI is InChI=1S/C26H31N2O2S2/c1-19-6-3-8-22(25(19)24-9-5-17-32-24)27(2)26(29)30-23-18-28(13-10-20(23)11-14-28)15-12-21-7-4-16-31-21/h3-9,16-17,20,23H,10-15,18H2,1-2H3/q+1/t20?,23-,28?/m0/s1. The van der Waals surface area contributed by atoms with E-state index >= 15 is 0 Å². The second-order valence-corrected chi connectivity index (χ2v) is 11.3. The summed E-state index contributed by atoms with van der Waals surface area (Å²) < 4.78 is 7.29. The highest BCUT2D eigenvalue weighted by Gasteiger charge is 2.47. The lowest BCUT2D eigenvalue weighted by Gasteiger charge is -2.52. The summed E-state index contributed by atoms with van der Waals surface area (Å²) in [5, 5.41) is 4.24. The molecule has 6 rings (SSSR count). The summed E-state index contributed by atoms with van der Waals surface area (Å²) in [6.07, 6.45) is 3.24. The number of carbonyl (C=O) groups excluding carboxylic acids is 1. The maximum Gasteiger partial charge on any atom is 0.414 e. The summed E-state index contributed by atoms with van der Waals surface area (Å²) >= 11 is 3.55. The molecule has 1 aromatic carbocycles. The smallest absolute Gasteiger partial charge is 0.414 e. The van der Waals surface area contributed by atoms with Crippen LogP contribution in [0.15, 0.2) is 53.2 Å². The van der Waals surface area contributed by atoms with Crippen LogP contribution in [0, 0.1) is 12.8 Å². The van der Waals surface area contributed by atoms with Crippen LogP contribution in [0.25, 0.3) is 10.4 Å². The normalized spacial score (nSPS) is 24.4. The predicted molar refractivity (Wildman–Crippen MR) is 134 cm³/mol. The van der Waals surface area contributed by atoms with Gasteiger partial charge in [-0.05, 0) is 41.4 Å². The van der Waals surface area contributed by atoms with Gasteiger partial charge in [-0.2, -0.15) is 0 Å². The average molecular weight is 468 g/mol. The molecule has 1 atom stereocenters. The molecular formula is C26H31N2O2S2+. The Balaban J connectivity index is 1.30. The zero-order valence-corrected chi connectivity index (χ0v) is 20.5. The van der Waals surface area contributed by atoms with Gasteiger partial charge in [-0.3, -0.25) is 4.90 Å². The van der Waals surface area contributed by atoms with Crippen LogP contribution in [0.5, 0.6) is 0 Å². The summed E-state index contributed by atoms with van der Waals surface area (Å²) in [7, 11) is 1.84. The predicted octanol–water partition coefficient (Wildman–Crippen LogP) is 6.21. The van der Waals surface area contributed by atoms with Crippen molar-refractivity contribution in [2.24, 2.45) is 5.92 Å². The van der Waals surface area contributed by atoms with Gasteiger partial charge in [0.25, 0.3) is 0 Å². The number of piperidine rings is 3. The molecule has 3 fully saturated rings. The summed E-state index contributed by atoms with van der Waals surface area (Å²) in [4.78, 5) is 17.6. The second-order valence-electron chi connectivity index (χ2n) is 9.29. The van der Waals surface area contributed by atoms with E-state index < -0.39 is 0 Å². The van der Waals surface area contributed by atoms with E-state index in [1.165, 1.54) is 28.4 Å². The lowest BCUT2D eigenvalue weighted by Crippen LogP contribution is -2.65. The zero-order valence-electron chi connectivity index (χ0n) is 18.8. The molecule has 3 aliphatic rings.